The first-order valence-corrected chi connectivity index (χ1v) is 7.75. The fourth-order valence-electron chi connectivity index (χ4n) is 2.83. The second kappa shape index (κ2) is 6.19. The molecule has 1 aliphatic heterocycles. The summed E-state index contributed by atoms with van der Waals surface area (Å²) >= 11 is 0. The van der Waals surface area contributed by atoms with E-state index in [1.165, 1.54) is 6.33 Å². The predicted octanol–water partition coefficient (Wildman–Crippen LogP) is 0.482. The van der Waals surface area contributed by atoms with Crippen molar-refractivity contribution in [3.8, 4) is 5.82 Å². The number of nitrogens with zero attached hydrogens (tertiary/aromatic N) is 9. The molecule has 0 aliphatic carbocycles. The van der Waals surface area contributed by atoms with E-state index >= 15 is 0 Å². The summed E-state index contributed by atoms with van der Waals surface area (Å²) in [6.07, 6.45) is 8.13. The van der Waals surface area contributed by atoms with Gasteiger partial charge in [-0.2, -0.15) is 5.10 Å². The smallest absolute Gasteiger partial charge is 0.160 e. The zero-order valence-corrected chi connectivity index (χ0v) is 13.3. The minimum atomic E-state index is 0.714. The fourth-order valence-corrected chi connectivity index (χ4v) is 2.83. The molecule has 0 radical (unpaired) electrons. The van der Waals surface area contributed by atoms with Crippen molar-refractivity contribution in [1.29, 1.82) is 0 Å². The molecule has 0 N–H and O–H groups in total. The SMILES string of the molecule is Cc1cncnc1N1CCN(c2cc(-n3cncn3)ncn2)CC1. The Morgan fingerprint density at radius 3 is 2.38 bits per heavy atom. The molecule has 9 heteroatoms. The van der Waals surface area contributed by atoms with Crippen molar-refractivity contribution >= 4 is 11.6 Å². The first-order valence-electron chi connectivity index (χ1n) is 7.75. The Morgan fingerprint density at radius 2 is 1.62 bits per heavy atom. The van der Waals surface area contributed by atoms with Crippen LogP contribution in [-0.4, -0.2) is 60.9 Å². The molecule has 122 valence electrons. The van der Waals surface area contributed by atoms with Crippen LogP contribution in [0.4, 0.5) is 11.6 Å². The van der Waals surface area contributed by atoms with Crippen LogP contribution in [0.1, 0.15) is 5.56 Å². The molecule has 1 aliphatic rings. The molecule has 4 heterocycles. The van der Waals surface area contributed by atoms with Gasteiger partial charge in [0.2, 0.25) is 0 Å². The molecule has 0 aromatic carbocycles. The summed E-state index contributed by atoms with van der Waals surface area (Å²) < 4.78 is 1.63. The molecular formula is C15H17N9. The topological polar surface area (TPSA) is 88.8 Å². The van der Waals surface area contributed by atoms with Gasteiger partial charge in [-0.05, 0) is 6.92 Å². The Bertz CT molecular complexity index is 809. The summed E-state index contributed by atoms with van der Waals surface area (Å²) in [6.45, 7) is 5.56. The van der Waals surface area contributed by atoms with Crippen molar-refractivity contribution in [2.24, 2.45) is 0 Å². The van der Waals surface area contributed by atoms with Gasteiger partial charge in [0.05, 0.1) is 0 Å². The lowest BCUT2D eigenvalue weighted by Gasteiger charge is -2.36. The molecule has 0 spiro atoms. The van der Waals surface area contributed by atoms with E-state index in [9.17, 15) is 0 Å². The standard InChI is InChI=1S/C15H17N9/c1-12-7-16-8-20-15(12)23-4-2-22(3-5-23)13-6-14(19-10-18-13)24-11-17-9-21-24/h6-11H,2-5H2,1H3. The van der Waals surface area contributed by atoms with Gasteiger partial charge in [0.1, 0.15) is 36.9 Å². The molecule has 24 heavy (non-hydrogen) atoms. The Morgan fingerprint density at radius 1 is 0.833 bits per heavy atom. The molecule has 0 saturated carbocycles. The highest BCUT2D eigenvalue weighted by Crippen LogP contribution is 2.20. The first-order chi connectivity index (χ1) is 11.8. The monoisotopic (exact) mass is 323 g/mol. The highest BCUT2D eigenvalue weighted by Gasteiger charge is 2.20. The van der Waals surface area contributed by atoms with Crippen molar-refractivity contribution in [1.82, 2.24) is 34.7 Å². The number of hydrogen-bond donors (Lipinski definition) is 0. The second-order valence-electron chi connectivity index (χ2n) is 5.58. The summed E-state index contributed by atoms with van der Waals surface area (Å²) in [5.74, 6) is 2.62. The highest BCUT2D eigenvalue weighted by atomic mass is 15.4. The van der Waals surface area contributed by atoms with Gasteiger partial charge in [0, 0.05) is 44.0 Å². The van der Waals surface area contributed by atoms with Crippen LogP contribution in [0.3, 0.4) is 0 Å². The maximum absolute atomic E-state index is 4.40. The van der Waals surface area contributed by atoms with Gasteiger partial charge in [0.15, 0.2) is 5.82 Å². The summed E-state index contributed by atoms with van der Waals surface area (Å²) in [7, 11) is 0. The van der Waals surface area contributed by atoms with Gasteiger partial charge in [-0.3, -0.25) is 0 Å². The molecule has 4 rings (SSSR count). The maximum Gasteiger partial charge on any atom is 0.160 e. The van der Waals surface area contributed by atoms with Gasteiger partial charge < -0.3 is 9.80 Å². The lowest BCUT2D eigenvalue weighted by Crippen LogP contribution is -2.47. The van der Waals surface area contributed by atoms with Crippen LogP contribution < -0.4 is 9.80 Å². The Hall–Kier alpha value is -3.10. The van der Waals surface area contributed by atoms with Gasteiger partial charge in [0.25, 0.3) is 0 Å². The van der Waals surface area contributed by atoms with Gasteiger partial charge in [-0.25, -0.2) is 29.6 Å². The second-order valence-corrected chi connectivity index (χ2v) is 5.58. The average Bonchev–Trinajstić information content (AvgIpc) is 3.17. The number of aromatic nitrogens is 7. The quantitative estimate of drug-likeness (QED) is 0.688. The molecule has 0 bridgehead atoms. The molecular weight excluding hydrogens is 306 g/mol. The van der Waals surface area contributed by atoms with Crippen LogP contribution in [0.25, 0.3) is 5.82 Å². The Balaban J connectivity index is 1.48. The normalized spacial score (nSPS) is 14.9. The van der Waals surface area contributed by atoms with E-state index in [-0.39, 0.29) is 0 Å². The summed E-state index contributed by atoms with van der Waals surface area (Å²) in [5, 5.41) is 4.11. The Kier molecular flexibility index (Phi) is 3.73. The van der Waals surface area contributed by atoms with Gasteiger partial charge in [-0.1, -0.05) is 0 Å². The van der Waals surface area contributed by atoms with E-state index in [4.69, 9.17) is 0 Å². The third-order valence-electron chi connectivity index (χ3n) is 4.06. The van der Waals surface area contributed by atoms with Crippen LogP contribution in [-0.2, 0) is 0 Å². The van der Waals surface area contributed by atoms with Crippen molar-refractivity contribution < 1.29 is 0 Å². The largest absolute Gasteiger partial charge is 0.353 e. The molecule has 3 aromatic rings. The van der Waals surface area contributed by atoms with Crippen LogP contribution >= 0.6 is 0 Å². The van der Waals surface area contributed by atoms with Crippen molar-refractivity contribution in [2.75, 3.05) is 36.0 Å². The number of anilines is 2. The number of piperazine rings is 1. The van der Waals surface area contributed by atoms with Gasteiger partial charge >= 0.3 is 0 Å². The third kappa shape index (κ3) is 2.75. The van der Waals surface area contributed by atoms with E-state index in [0.717, 1.165) is 43.4 Å². The zero-order chi connectivity index (χ0) is 16.4. The summed E-state index contributed by atoms with van der Waals surface area (Å²) in [4.78, 5) is 25.6. The van der Waals surface area contributed by atoms with Gasteiger partial charge in [-0.15, -0.1) is 0 Å². The summed E-state index contributed by atoms with van der Waals surface area (Å²) in [6, 6.07) is 1.93. The van der Waals surface area contributed by atoms with E-state index in [1.54, 1.807) is 23.7 Å². The Labute approximate surface area is 139 Å². The molecule has 1 saturated heterocycles. The number of hydrogen-bond acceptors (Lipinski definition) is 8. The minimum Gasteiger partial charge on any atom is -0.353 e. The van der Waals surface area contributed by atoms with E-state index in [2.05, 4.69) is 39.8 Å². The minimum absolute atomic E-state index is 0.714. The molecule has 0 unspecified atom stereocenters. The van der Waals surface area contributed by atoms with E-state index in [1.807, 2.05) is 19.2 Å². The van der Waals surface area contributed by atoms with E-state index in [0.29, 0.717) is 5.82 Å². The fraction of sp³-hybridized carbons (Fsp3) is 0.333. The number of aryl methyl sites for hydroxylation is 1. The molecule has 3 aromatic heterocycles. The third-order valence-corrected chi connectivity index (χ3v) is 4.06. The molecule has 9 nitrogen and oxygen atoms in total. The van der Waals surface area contributed by atoms with Crippen LogP contribution in [0.15, 0.2) is 37.6 Å². The van der Waals surface area contributed by atoms with Crippen LogP contribution in [0.5, 0.6) is 0 Å². The van der Waals surface area contributed by atoms with Crippen LogP contribution in [0, 0.1) is 6.92 Å². The molecule has 0 atom stereocenters. The molecule has 1 fully saturated rings. The number of rotatable bonds is 3. The van der Waals surface area contributed by atoms with Crippen LogP contribution in [0.2, 0.25) is 0 Å². The molecule has 0 amide bonds. The average molecular weight is 323 g/mol. The predicted molar refractivity (Wildman–Crippen MR) is 88.1 cm³/mol. The lowest BCUT2D eigenvalue weighted by atomic mass is 10.2. The van der Waals surface area contributed by atoms with Crippen molar-refractivity contribution in [3.63, 3.8) is 0 Å². The summed E-state index contributed by atoms with van der Waals surface area (Å²) in [5.41, 5.74) is 1.10. The van der Waals surface area contributed by atoms with Crippen molar-refractivity contribution in [2.45, 2.75) is 6.92 Å². The van der Waals surface area contributed by atoms with Crippen molar-refractivity contribution in [3.05, 3.63) is 43.1 Å². The zero-order valence-electron chi connectivity index (χ0n) is 13.3. The first kappa shape index (κ1) is 14.5. The lowest BCUT2D eigenvalue weighted by molar-refractivity contribution is 0.638. The van der Waals surface area contributed by atoms with E-state index < -0.39 is 0 Å². The highest BCUT2D eigenvalue weighted by molar-refractivity contribution is 5.49. The maximum atomic E-state index is 4.40.